The third kappa shape index (κ3) is 5.04. The van der Waals surface area contributed by atoms with Crippen LogP contribution in [0.25, 0.3) is 17.4 Å². The summed E-state index contributed by atoms with van der Waals surface area (Å²) in [6, 6.07) is 7.48. The Morgan fingerprint density at radius 2 is 1.84 bits per heavy atom. The molecule has 1 aliphatic carbocycles. The van der Waals surface area contributed by atoms with Crippen LogP contribution in [-0.2, 0) is 11.3 Å². The Morgan fingerprint density at radius 1 is 1.11 bits per heavy atom. The van der Waals surface area contributed by atoms with E-state index < -0.39 is 11.6 Å². The van der Waals surface area contributed by atoms with Crippen molar-refractivity contribution in [2.75, 3.05) is 19.6 Å². The van der Waals surface area contributed by atoms with Crippen molar-refractivity contribution in [2.24, 2.45) is 5.92 Å². The quantitative estimate of drug-likeness (QED) is 0.392. The van der Waals surface area contributed by atoms with Gasteiger partial charge < -0.3 is 9.73 Å². The van der Waals surface area contributed by atoms with Crippen LogP contribution >= 0.6 is 0 Å². The van der Waals surface area contributed by atoms with Crippen molar-refractivity contribution >= 4 is 23.5 Å². The molecule has 1 saturated heterocycles. The molecular formula is C30H31N3O4. The van der Waals surface area contributed by atoms with Crippen molar-refractivity contribution < 1.29 is 18.8 Å². The van der Waals surface area contributed by atoms with Crippen LogP contribution in [0.15, 0.2) is 47.2 Å². The zero-order valence-electron chi connectivity index (χ0n) is 21.5. The number of pyridine rings is 1. The van der Waals surface area contributed by atoms with E-state index in [-0.39, 0.29) is 5.91 Å². The molecule has 1 amide bonds. The minimum atomic E-state index is -0.481. The van der Waals surface area contributed by atoms with Gasteiger partial charge in [-0.15, -0.1) is 0 Å². The van der Waals surface area contributed by atoms with E-state index in [9.17, 15) is 14.4 Å². The zero-order chi connectivity index (χ0) is 26.1. The molecule has 1 aliphatic heterocycles. The highest BCUT2D eigenvalue weighted by molar-refractivity contribution is 6.53. The second-order valence-electron chi connectivity index (χ2n) is 10.1. The van der Waals surface area contributed by atoms with Crippen molar-refractivity contribution in [3.8, 4) is 11.3 Å². The van der Waals surface area contributed by atoms with Crippen molar-refractivity contribution in [1.29, 1.82) is 0 Å². The molecule has 190 valence electrons. The lowest BCUT2D eigenvalue weighted by atomic mass is 9.85. The zero-order valence-corrected chi connectivity index (χ0v) is 21.5. The van der Waals surface area contributed by atoms with E-state index in [1.807, 2.05) is 39.0 Å². The van der Waals surface area contributed by atoms with E-state index in [2.05, 4.69) is 15.2 Å². The molecule has 3 heterocycles. The van der Waals surface area contributed by atoms with Crippen molar-refractivity contribution in [3.63, 3.8) is 0 Å². The maximum Gasteiger partial charge on any atom is 0.244 e. The summed E-state index contributed by atoms with van der Waals surface area (Å²) < 4.78 is 6.27. The summed E-state index contributed by atoms with van der Waals surface area (Å²) >= 11 is 0. The second kappa shape index (κ2) is 10.3. The summed E-state index contributed by atoms with van der Waals surface area (Å²) in [4.78, 5) is 44.3. The largest absolute Gasteiger partial charge is 0.459 e. The molecule has 0 unspecified atom stereocenters. The summed E-state index contributed by atoms with van der Waals surface area (Å²) in [5, 5.41) is 3.00. The molecular weight excluding hydrogens is 466 g/mol. The molecule has 0 radical (unpaired) electrons. The number of nitrogens with one attached hydrogen (secondary N) is 1. The first-order valence-electron chi connectivity index (χ1n) is 12.7. The van der Waals surface area contributed by atoms with Crippen LogP contribution in [0.1, 0.15) is 61.6 Å². The number of Topliss-reactive ketones (excluding diaryl/α,β-unsaturated/α-hetero) is 2. The number of carbonyl (C=O) groups is 3. The number of nitrogens with zero attached hydrogens (tertiary/aromatic N) is 2. The van der Waals surface area contributed by atoms with Crippen LogP contribution in [0.5, 0.6) is 0 Å². The average Bonchev–Trinajstić information content (AvgIpc) is 3.23. The first kappa shape index (κ1) is 24.8. The number of piperidine rings is 1. The van der Waals surface area contributed by atoms with Crippen LogP contribution in [0.2, 0.25) is 0 Å². The number of furan rings is 1. The fourth-order valence-electron chi connectivity index (χ4n) is 5.10. The first-order chi connectivity index (χ1) is 17.8. The first-order valence-corrected chi connectivity index (χ1v) is 12.7. The molecule has 0 spiro atoms. The van der Waals surface area contributed by atoms with Crippen LogP contribution in [-0.4, -0.2) is 47.0 Å². The molecule has 0 bridgehead atoms. The minimum absolute atomic E-state index is 0.104. The molecule has 7 heteroatoms. The number of amides is 1. The van der Waals surface area contributed by atoms with Gasteiger partial charge >= 0.3 is 0 Å². The van der Waals surface area contributed by atoms with Gasteiger partial charge in [0.15, 0.2) is 0 Å². The van der Waals surface area contributed by atoms with Gasteiger partial charge in [-0.3, -0.25) is 24.3 Å². The Balaban J connectivity index is 1.20. The summed E-state index contributed by atoms with van der Waals surface area (Å²) in [5.74, 6) is 0.629. The van der Waals surface area contributed by atoms with Gasteiger partial charge in [0.2, 0.25) is 17.5 Å². The fraction of sp³-hybridized carbons (Fsp3) is 0.333. The predicted octanol–water partition coefficient (Wildman–Crippen LogP) is 4.69. The number of likely N-dealkylation sites (tertiary alicyclic amines) is 1. The number of ketones is 2. The van der Waals surface area contributed by atoms with Crippen LogP contribution < -0.4 is 5.32 Å². The molecule has 2 aliphatic rings. The minimum Gasteiger partial charge on any atom is -0.459 e. The lowest BCUT2D eigenvalue weighted by Gasteiger charge is -2.31. The number of benzene rings is 1. The number of hydrogen-bond donors (Lipinski definition) is 1. The third-order valence-corrected chi connectivity index (χ3v) is 7.55. The van der Waals surface area contributed by atoms with Crippen molar-refractivity contribution in [3.05, 3.63) is 81.9 Å². The molecule has 1 N–H and O–H groups in total. The number of fused-ring (bicyclic) bond motifs is 3. The topological polar surface area (TPSA) is 92.5 Å². The van der Waals surface area contributed by atoms with Gasteiger partial charge in [-0.2, -0.15) is 0 Å². The molecule has 37 heavy (non-hydrogen) atoms. The molecule has 7 nitrogen and oxygen atoms in total. The van der Waals surface area contributed by atoms with Crippen molar-refractivity contribution in [2.45, 2.75) is 40.2 Å². The van der Waals surface area contributed by atoms with E-state index in [1.165, 1.54) is 0 Å². The third-order valence-electron chi connectivity index (χ3n) is 7.55. The molecule has 3 aromatic rings. The van der Waals surface area contributed by atoms with E-state index >= 15 is 0 Å². The molecule has 0 saturated carbocycles. The summed E-state index contributed by atoms with van der Waals surface area (Å²) in [5.41, 5.74) is 5.24. The highest BCUT2D eigenvalue weighted by Crippen LogP contribution is 2.40. The SMILES string of the molecule is Cc1cc2c(cc1C)-c1oc(CN3CCC(CNC(=O)/C=C/c4cccnc4)CC3)c(C)c1C(=O)C2=O. The number of hydrogen-bond acceptors (Lipinski definition) is 6. The monoisotopic (exact) mass is 497 g/mol. The maximum atomic E-state index is 12.9. The van der Waals surface area contributed by atoms with E-state index in [4.69, 9.17) is 4.42 Å². The van der Waals surface area contributed by atoms with Gasteiger partial charge in [0.1, 0.15) is 11.5 Å². The number of carbonyl (C=O) groups excluding carboxylic acids is 3. The lowest BCUT2D eigenvalue weighted by Crippen LogP contribution is -2.38. The second-order valence-corrected chi connectivity index (χ2v) is 10.1. The number of rotatable bonds is 6. The molecule has 1 fully saturated rings. The maximum absolute atomic E-state index is 12.9. The molecule has 2 aromatic heterocycles. The normalized spacial score (nSPS) is 16.2. The standard InChI is InChI=1S/C30H31N3O4/c1-18-13-23-24(14-19(18)2)30-27(29(36)28(23)35)20(3)25(37-30)17-33-11-8-22(9-12-33)16-32-26(34)7-6-21-5-4-10-31-15-21/h4-7,10,13-15,22H,8-9,11-12,16-17H2,1-3H3,(H,32,34)/b7-6+. The summed E-state index contributed by atoms with van der Waals surface area (Å²) in [6.07, 6.45) is 8.64. The van der Waals surface area contributed by atoms with Gasteiger partial charge in [-0.05, 0) is 93.6 Å². The Bertz CT molecular complexity index is 1400. The number of aryl methyl sites for hydroxylation is 2. The van der Waals surface area contributed by atoms with Gasteiger partial charge in [0.05, 0.1) is 12.1 Å². The van der Waals surface area contributed by atoms with Gasteiger partial charge in [-0.1, -0.05) is 6.07 Å². The Kier molecular flexibility index (Phi) is 6.89. The Labute approximate surface area is 216 Å². The summed E-state index contributed by atoms with van der Waals surface area (Å²) in [6.45, 7) is 8.79. The van der Waals surface area contributed by atoms with Crippen molar-refractivity contribution in [1.82, 2.24) is 15.2 Å². The van der Waals surface area contributed by atoms with Crippen LogP contribution in [0, 0.1) is 26.7 Å². The smallest absolute Gasteiger partial charge is 0.244 e. The lowest BCUT2D eigenvalue weighted by molar-refractivity contribution is -0.116. The van der Waals surface area contributed by atoms with E-state index in [0.717, 1.165) is 53.9 Å². The van der Waals surface area contributed by atoms with Gasteiger partial charge in [0.25, 0.3) is 0 Å². The van der Waals surface area contributed by atoms with E-state index in [1.54, 1.807) is 30.6 Å². The molecule has 0 atom stereocenters. The highest BCUT2D eigenvalue weighted by atomic mass is 16.3. The average molecular weight is 498 g/mol. The molecule has 5 rings (SSSR count). The van der Waals surface area contributed by atoms with Crippen LogP contribution in [0.3, 0.4) is 0 Å². The summed E-state index contributed by atoms with van der Waals surface area (Å²) in [7, 11) is 0. The number of aromatic nitrogens is 1. The Hall–Kier alpha value is -3.84. The van der Waals surface area contributed by atoms with Gasteiger partial charge in [-0.25, -0.2) is 0 Å². The van der Waals surface area contributed by atoms with Gasteiger partial charge in [0, 0.05) is 41.7 Å². The fourth-order valence-corrected chi connectivity index (χ4v) is 5.10. The van der Waals surface area contributed by atoms with E-state index in [0.29, 0.717) is 41.5 Å². The highest BCUT2D eigenvalue weighted by Gasteiger charge is 2.37. The molecule has 1 aromatic carbocycles. The predicted molar refractivity (Wildman–Crippen MR) is 141 cm³/mol. The van der Waals surface area contributed by atoms with Crippen LogP contribution in [0.4, 0.5) is 0 Å². The Morgan fingerprint density at radius 3 is 2.54 bits per heavy atom.